The molecule has 0 bridgehead atoms. The van der Waals surface area contributed by atoms with Gasteiger partial charge in [0.25, 0.3) is 0 Å². The summed E-state index contributed by atoms with van der Waals surface area (Å²) in [5, 5.41) is 0.647. The van der Waals surface area contributed by atoms with E-state index in [1.165, 1.54) is 17.4 Å². The van der Waals surface area contributed by atoms with Crippen LogP contribution in [-0.4, -0.2) is 5.78 Å². The second kappa shape index (κ2) is 6.42. The largest absolute Gasteiger partial charge is 0.293 e. The van der Waals surface area contributed by atoms with Crippen molar-refractivity contribution in [3.63, 3.8) is 0 Å². The summed E-state index contributed by atoms with van der Waals surface area (Å²) in [6, 6.07) is 17.3. The summed E-state index contributed by atoms with van der Waals surface area (Å²) in [6.07, 6.45) is 0.314. The summed E-state index contributed by atoms with van der Waals surface area (Å²) in [7, 11) is 0. The molecule has 3 aromatic rings. The van der Waals surface area contributed by atoms with Gasteiger partial charge in [-0.25, -0.2) is 4.39 Å². The van der Waals surface area contributed by atoms with Crippen molar-refractivity contribution in [2.24, 2.45) is 0 Å². The number of rotatable bonds is 4. The molecule has 0 aliphatic heterocycles. The Kier molecular flexibility index (Phi) is 4.36. The lowest BCUT2D eigenvalue weighted by molar-refractivity contribution is 0.0997. The minimum atomic E-state index is -0.277. The van der Waals surface area contributed by atoms with Gasteiger partial charge in [0.15, 0.2) is 5.78 Å². The fourth-order valence-corrected chi connectivity index (χ4v) is 3.26. The Labute approximate surface area is 137 Å². The van der Waals surface area contributed by atoms with Gasteiger partial charge in [-0.3, -0.25) is 4.79 Å². The molecule has 1 nitrogen and oxygen atoms in total. The standard InChI is InChI=1S/C18H12ClFOS/c19-13-7-5-12(6-8-13)11-16(21)18-10-9-17(22-18)14-3-1-2-4-15(14)20/h1-10H,11H2. The van der Waals surface area contributed by atoms with E-state index in [1.54, 1.807) is 42.5 Å². The third-order valence-corrected chi connectivity index (χ3v) is 4.71. The van der Waals surface area contributed by atoms with Crippen molar-refractivity contribution in [1.29, 1.82) is 0 Å². The number of halogens is 2. The van der Waals surface area contributed by atoms with Gasteiger partial charge >= 0.3 is 0 Å². The molecule has 22 heavy (non-hydrogen) atoms. The van der Waals surface area contributed by atoms with Gasteiger partial charge in [0.05, 0.1) is 4.88 Å². The topological polar surface area (TPSA) is 17.1 Å². The van der Waals surface area contributed by atoms with Crippen LogP contribution in [-0.2, 0) is 6.42 Å². The molecule has 3 rings (SSSR count). The lowest BCUT2D eigenvalue weighted by Gasteiger charge is -2.00. The fraction of sp³-hybridized carbons (Fsp3) is 0.0556. The zero-order chi connectivity index (χ0) is 15.5. The monoisotopic (exact) mass is 330 g/mol. The number of hydrogen-bond acceptors (Lipinski definition) is 2. The predicted octanol–water partition coefficient (Wildman–Crippen LogP) is 5.63. The lowest BCUT2D eigenvalue weighted by atomic mass is 10.1. The smallest absolute Gasteiger partial charge is 0.177 e. The number of hydrogen-bond donors (Lipinski definition) is 0. The molecule has 1 heterocycles. The van der Waals surface area contributed by atoms with Gasteiger partial charge in [0.2, 0.25) is 0 Å². The first-order valence-corrected chi connectivity index (χ1v) is 7.95. The van der Waals surface area contributed by atoms with E-state index in [0.717, 1.165) is 10.4 Å². The zero-order valence-electron chi connectivity index (χ0n) is 11.6. The summed E-state index contributed by atoms with van der Waals surface area (Å²) in [5.74, 6) is -0.254. The zero-order valence-corrected chi connectivity index (χ0v) is 13.1. The molecular weight excluding hydrogens is 319 g/mol. The van der Waals surface area contributed by atoms with Crippen LogP contribution in [0, 0.1) is 5.82 Å². The van der Waals surface area contributed by atoms with Crippen LogP contribution in [0.5, 0.6) is 0 Å². The summed E-state index contributed by atoms with van der Waals surface area (Å²) in [4.78, 5) is 13.7. The third-order valence-electron chi connectivity index (χ3n) is 3.30. The molecule has 0 aliphatic carbocycles. The third kappa shape index (κ3) is 3.26. The van der Waals surface area contributed by atoms with Crippen LogP contribution in [0.25, 0.3) is 10.4 Å². The summed E-state index contributed by atoms with van der Waals surface area (Å²) >= 11 is 7.15. The number of carbonyl (C=O) groups excluding carboxylic acids is 1. The van der Waals surface area contributed by atoms with Crippen LogP contribution >= 0.6 is 22.9 Å². The quantitative estimate of drug-likeness (QED) is 0.566. The van der Waals surface area contributed by atoms with Crippen molar-refractivity contribution in [1.82, 2.24) is 0 Å². The molecule has 0 radical (unpaired) electrons. The number of benzene rings is 2. The van der Waals surface area contributed by atoms with Crippen molar-refractivity contribution in [2.75, 3.05) is 0 Å². The maximum Gasteiger partial charge on any atom is 0.177 e. The Hall–Kier alpha value is -1.97. The molecule has 0 unspecified atom stereocenters. The highest BCUT2D eigenvalue weighted by molar-refractivity contribution is 7.17. The molecule has 4 heteroatoms. The van der Waals surface area contributed by atoms with Gasteiger partial charge in [0.1, 0.15) is 5.82 Å². The second-order valence-corrected chi connectivity index (χ2v) is 6.39. The summed E-state index contributed by atoms with van der Waals surface area (Å²) in [6.45, 7) is 0. The van der Waals surface area contributed by atoms with Crippen LogP contribution in [0.15, 0.2) is 60.7 Å². The van der Waals surface area contributed by atoms with Gasteiger partial charge in [0, 0.05) is 21.9 Å². The summed E-state index contributed by atoms with van der Waals surface area (Å²) in [5.41, 5.74) is 1.44. The van der Waals surface area contributed by atoms with E-state index in [0.29, 0.717) is 21.9 Å². The number of Topliss-reactive ketones (excluding diaryl/α,β-unsaturated/α-hetero) is 1. The van der Waals surface area contributed by atoms with E-state index in [9.17, 15) is 9.18 Å². The first-order valence-electron chi connectivity index (χ1n) is 6.76. The number of thiophene rings is 1. The van der Waals surface area contributed by atoms with Gasteiger partial charge in [-0.2, -0.15) is 0 Å². The molecule has 0 N–H and O–H groups in total. The highest BCUT2D eigenvalue weighted by atomic mass is 35.5. The maximum absolute atomic E-state index is 13.8. The van der Waals surface area contributed by atoms with Gasteiger partial charge in [-0.05, 0) is 35.9 Å². The van der Waals surface area contributed by atoms with Gasteiger partial charge in [-0.1, -0.05) is 41.9 Å². The molecule has 2 aromatic carbocycles. The van der Waals surface area contributed by atoms with Crippen LogP contribution < -0.4 is 0 Å². The molecule has 0 spiro atoms. The van der Waals surface area contributed by atoms with Crippen molar-refractivity contribution in [3.8, 4) is 10.4 Å². The number of carbonyl (C=O) groups is 1. The Balaban J connectivity index is 1.80. The molecule has 1 aromatic heterocycles. The molecule has 0 saturated carbocycles. The van der Waals surface area contributed by atoms with Gasteiger partial charge < -0.3 is 0 Å². The van der Waals surface area contributed by atoms with Crippen LogP contribution in [0.1, 0.15) is 15.2 Å². The molecule has 0 aliphatic rings. The van der Waals surface area contributed by atoms with E-state index in [4.69, 9.17) is 11.6 Å². The summed E-state index contributed by atoms with van der Waals surface area (Å²) < 4.78 is 13.8. The van der Waals surface area contributed by atoms with Crippen LogP contribution in [0.4, 0.5) is 4.39 Å². The predicted molar refractivity (Wildman–Crippen MR) is 89.2 cm³/mol. The van der Waals surface area contributed by atoms with Crippen molar-refractivity contribution >= 4 is 28.7 Å². The Morgan fingerprint density at radius 3 is 2.45 bits per heavy atom. The normalized spacial score (nSPS) is 10.6. The van der Waals surface area contributed by atoms with E-state index in [1.807, 2.05) is 12.1 Å². The maximum atomic E-state index is 13.8. The highest BCUT2D eigenvalue weighted by Gasteiger charge is 2.13. The minimum absolute atomic E-state index is 0.0231. The Morgan fingerprint density at radius 1 is 1.00 bits per heavy atom. The molecule has 110 valence electrons. The van der Waals surface area contributed by atoms with Crippen molar-refractivity contribution in [3.05, 3.63) is 81.9 Å². The van der Waals surface area contributed by atoms with Crippen molar-refractivity contribution in [2.45, 2.75) is 6.42 Å². The fourth-order valence-electron chi connectivity index (χ4n) is 2.17. The van der Waals surface area contributed by atoms with E-state index < -0.39 is 0 Å². The second-order valence-electron chi connectivity index (χ2n) is 4.87. The van der Waals surface area contributed by atoms with Crippen molar-refractivity contribution < 1.29 is 9.18 Å². The molecule has 0 amide bonds. The van der Waals surface area contributed by atoms with Gasteiger partial charge in [-0.15, -0.1) is 11.3 Å². The number of ketones is 1. The van der Waals surface area contributed by atoms with E-state index in [2.05, 4.69) is 0 Å². The average molecular weight is 331 g/mol. The van der Waals surface area contributed by atoms with Crippen LogP contribution in [0.2, 0.25) is 5.02 Å². The minimum Gasteiger partial charge on any atom is -0.293 e. The average Bonchev–Trinajstić information content (AvgIpc) is 3.00. The first kappa shape index (κ1) is 14.9. The van der Waals surface area contributed by atoms with Crippen LogP contribution in [0.3, 0.4) is 0 Å². The lowest BCUT2D eigenvalue weighted by Crippen LogP contribution is -2.00. The van der Waals surface area contributed by atoms with E-state index >= 15 is 0 Å². The molecule has 0 saturated heterocycles. The molecule has 0 atom stereocenters. The Morgan fingerprint density at radius 2 is 1.73 bits per heavy atom. The van der Waals surface area contributed by atoms with E-state index in [-0.39, 0.29) is 11.6 Å². The molecular formula is C18H12ClFOS. The first-order chi connectivity index (χ1) is 10.6. The molecule has 0 fully saturated rings. The Bertz CT molecular complexity index is 808. The highest BCUT2D eigenvalue weighted by Crippen LogP contribution is 2.30. The SMILES string of the molecule is O=C(Cc1ccc(Cl)cc1)c1ccc(-c2ccccc2F)s1.